The highest BCUT2D eigenvalue weighted by atomic mass is 32.2. The highest BCUT2D eigenvalue weighted by molar-refractivity contribution is 7.89. The molecule has 2 rings (SSSR count). The summed E-state index contributed by atoms with van der Waals surface area (Å²) in [5.41, 5.74) is -2.20. The molecule has 1 aliphatic heterocycles. The van der Waals surface area contributed by atoms with Gasteiger partial charge in [-0.1, -0.05) is 17.7 Å². The molecule has 6 nitrogen and oxygen atoms in total. The standard InChI is InChI=1S/C16H21F3N2O4S/c1-12-3-5-13(6-4-12)26(24,25)21-9-7-20(8-10-21)14(22)11-15(2,23)16(17,18)19/h3-6,23H,7-11H2,1-2H3/t15-/m0/s1. The fourth-order valence-corrected chi connectivity index (χ4v) is 3.97. The molecule has 0 radical (unpaired) electrons. The topological polar surface area (TPSA) is 77.9 Å². The summed E-state index contributed by atoms with van der Waals surface area (Å²) >= 11 is 0. The van der Waals surface area contributed by atoms with Gasteiger partial charge in [-0.05, 0) is 26.0 Å². The fraction of sp³-hybridized carbons (Fsp3) is 0.562. The predicted molar refractivity (Wildman–Crippen MR) is 87.8 cm³/mol. The van der Waals surface area contributed by atoms with Crippen molar-refractivity contribution < 1.29 is 31.5 Å². The van der Waals surface area contributed by atoms with Crippen LogP contribution in [0.3, 0.4) is 0 Å². The van der Waals surface area contributed by atoms with Crippen LogP contribution >= 0.6 is 0 Å². The Labute approximate surface area is 150 Å². The van der Waals surface area contributed by atoms with E-state index >= 15 is 0 Å². The van der Waals surface area contributed by atoms with Crippen molar-refractivity contribution in [3.63, 3.8) is 0 Å². The quantitative estimate of drug-likeness (QED) is 0.840. The second-order valence-corrected chi connectivity index (χ2v) is 8.48. The van der Waals surface area contributed by atoms with Crippen LogP contribution in [0.15, 0.2) is 29.2 Å². The van der Waals surface area contributed by atoms with Crippen LogP contribution in [0.1, 0.15) is 18.9 Å². The number of hydrogen-bond donors (Lipinski definition) is 1. The van der Waals surface area contributed by atoms with Crippen LogP contribution in [0, 0.1) is 6.92 Å². The molecule has 0 aromatic heterocycles. The van der Waals surface area contributed by atoms with Crippen molar-refractivity contribution in [2.45, 2.75) is 36.9 Å². The summed E-state index contributed by atoms with van der Waals surface area (Å²) in [6.07, 6.45) is -6.01. The van der Waals surface area contributed by atoms with E-state index in [0.717, 1.165) is 10.5 Å². The van der Waals surface area contributed by atoms with E-state index in [0.29, 0.717) is 6.92 Å². The van der Waals surface area contributed by atoms with Gasteiger partial charge in [0, 0.05) is 26.2 Å². The van der Waals surface area contributed by atoms with Crippen LogP contribution in [0.2, 0.25) is 0 Å². The molecule has 1 heterocycles. The third kappa shape index (κ3) is 4.36. The summed E-state index contributed by atoms with van der Waals surface area (Å²) in [7, 11) is -3.72. The van der Waals surface area contributed by atoms with Crippen LogP contribution < -0.4 is 0 Å². The van der Waals surface area contributed by atoms with E-state index in [9.17, 15) is 31.5 Å². The number of benzene rings is 1. The van der Waals surface area contributed by atoms with Gasteiger partial charge >= 0.3 is 6.18 Å². The summed E-state index contributed by atoms with van der Waals surface area (Å²) in [6, 6.07) is 6.32. The molecule has 1 aromatic carbocycles. The second-order valence-electron chi connectivity index (χ2n) is 6.55. The maximum atomic E-state index is 12.7. The van der Waals surface area contributed by atoms with Gasteiger partial charge in [0.1, 0.15) is 0 Å². The Morgan fingerprint density at radius 3 is 2.08 bits per heavy atom. The Morgan fingerprint density at radius 1 is 1.12 bits per heavy atom. The Balaban J connectivity index is 2.00. The monoisotopic (exact) mass is 394 g/mol. The summed E-state index contributed by atoms with van der Waals surface area (Å²) < 4.78 is 64.4. The lowest BCUT2D eigenvalue weighted by Crippen LogP contribution is -2.53. The Hall–Kier alpha value is -1.65. The maximum Gasteiger partial charge on any atom is 0.417 e. The van der Waals surface area contributed by atoms with Crippen LogP contribution in [0.4, 0.5) is 13.2 Å². The molecule has 0 spiro atoms. The average molecular weight is 394 g/mol. The first-order valence-corrected chi connectivity index (χ1v) is 9.42. The lowest BCUT2D eigenvalue weighted by molar-refractivity contribution is -0.254. The van der Waals surface area contributed by atoms with Gasteiger partial charge in [-0.3, -0.25) is 4.79 Å². The summed E-state index contributed by atoms with van der Waals surface area (Å²) in [5, 5.41) is 9.43. The normalized spacial score (nSPS) is 19.2. The van der Waals surface area contributed by atoms with Crippen LogP contribution in [0.5, 0.6) is 0 Å². The van der Waals surface area contributed by atoms with Crippen molar-refractivity contribution in [2.24, 2.45) is 0 Å². The van der Waals surface area contributed by atoms with E-state index < -0.39 is 34.1 Å². The number of nitrogens with zero attached hydrogens (tertiary/aromatic N) is 2. The Bertz CT molecular complexity index is 753. The fourth-order valence-electron chi connectivity index (χ4n) is 2.54. The zero-order valence-electron chi connectivity index (χ0n) is 14.5. The van der Waals surface area contributed by atoms with Crippen molar-refractivity contribution in [3.05, 3.63) is 29.8 Å². The highest BCUT2D eigenvalue weighted by Crippen LogP contribution is 2.33. The van der Waals surface area contributed by atoms with Crippen LogP contribution in [0.25, 0.3) is 0 Å². The maximum absolute atomic E-state index is 12.7. The summed E-state index contributed by atoms with van der Waals surface area (Å²) in [6.45, 7) is 2.28. The van der Waals surface area contributed by atoms with Crippen molar-refractivity contribution in [1.82, 2.24) is 9.21 Å². The third-order valence-electron chi connectivity index (χ3n) is 4.36. The van der Waals surface area contributed by atoms with E-state index in [2.05, 4.69) is 0 Å². The average Bonchev–Trinajstić information content (AvgIpc) is 2.54. The summed E-state index contributed by atoms with van der Waals surface area (Å²) in [5.74, 6) is -0.861. The number of halogens is 3. The minimum absolute atomic E-state index is 0.0177. The van der Waals surface area contributed by atoms with Crippen LogP contribution in [-0.2, 0) is 14.8 Å². The second kappa shape index (κ2) is 7.16. The van der Waals surface area contributed by atoms with Gasteiger partial charge in [-0.25, -0.2) is 8.42 Å². The zero-order chi connectivity index (χ0) is 19.8. The molecule has 26 heavy (non-hydrogen) atoms. The van der Waals surface area contributed by atoms with Gasteiger partial charge < -0.3 is 10.0 Å². The molecule has 1 saturated heterocycles. The van der Waals surface area contributed by atoms with Gasteiger partial charge in [0.05, 0.1) is 11.3 Å². The minimum Gasteiger partial charge on any atom is -0.380 e. The van der Waals surface area contributed by atoms with Crippen molar-refractivity contribution in [1.29, 1.82) is 0 Å². The first kappa shape index (κ1) is 20.7. The minimum atomic E-state index is -4.92. The lowest BCUT2D eigenvalue weighted by Gasteiger charge is -2.35. The molecule has 0 saturated carbocycles. The molecule has 146 valence electrons. The number of sulfonamides is 1. The van der Waals surface area contributed by atoms with Crippen molar-refractivity contribution in [3.8, 4) is 0 Å². The molecular weight excluding hydrogens is 373 g/mol. The number of alkyl halides is 3. The Kier molecular flexibility index (Phi) is 5.69. The third-order valence-corrected chi connectivity index (χ3v) is 6.27. The smallest absolute Gasteiger partial charge is 0.380 e. The SMILES string of the molecule is Cc1ccc(S(=O)(=O)N2CCN(C(=O)C[C@](C)(O)C(F)(F)F)CC2)cc1. The molecule has 1 amide bonds. The molecule has 10 heteroatoms. The number of carbonyl (C=O) groups is 1. The first-order chi connectivity index (χ1) is 11.8. The number of aliphatic hydroxyl groups is 1. The number of amides is 1. The van der Waals surface area contributed by atoms with Gasteiger partial charge in [0.2, 0.25) is 15.9 Å². The number of piperazine rings is 1. The van der Waals surface area contributed by atoms with Gasteiger partial charge in [-0.15, -0.1) is 0 Å². The van der Waals surface area contributed by atoms with E-state index in [-0.39, 0.29) is 31.1 Å². The molecule has 1 fully saturated rings. The van der Waals surface area contributed by atoms with E-state index in [1.807, 2.05) is 6.92 Å². The number of hydrogen-bond acceptors (Lipinski definition) is 4. The van der Waals surface area contributed by atoms with Crippen molar-refractivity contribution >= 4 is 15.9 Å². The molecule has 0 bridgehead atoms. The molecule has 0 unspecified atom stereocenters. The number of carbonyl (C=O) groups excluding carboxylic acids is 1. The lowest BCUT2D eigenvalue weighted by atomic mass is 10.0. The van der Waals surface area contributed by atoms with Gasteiger partial charge in [0.15, 0.2) is 5.60 Å². The molecule has 1 N–H and O–H groups in total. The zero-order valence-corrected chi connectivity index (χ0v) is 15.3. The van der Waals surface area contributed by atoms with Gasteiger partial charge in [0.25, 0.3) is 0 Å². The molecular formula is C16H21F3N2O4S. The van der Waals surface area contributed by atoms with E-state index in [1.54, 1.807) is 12.1 Å². The van der Waals surface area contributed by atoms with Crippen molar-refractivity contribution in [2.75, 3.05) is 26.2 Å². The van der Waals surface area contributed by atoms with E-state index in [1.165, 1.54) is 16.4 Å². The number of aryl methyl sites for hydroxylation is 1. The Morgan fingerprint density at radius 2 is 1.62 bits per heavy atom. The molecule has 1 aromatic rings. The number of rotatable bonds is 4. The molecule has 0 aliphatic carbocycles. The van der Waals surface area contributed by atoms with Gasteiger partial charge in [-0.2, -0.15) is 17.5 Å². The molecule has 1 atom stereocenters. The van der Waals surface area contributed by atoms with Crippen LogP contribution in [-0.4, -0.2) is 66.6 Å². The summed E-state index contributed by atoms with van der Waals surface area (Å²) in [4.78, 5) is 13.3. The molecule has 1 aliphatic rings. The predicted octanol–water partition coefficient (Wildman–Crippen LogP) is 1.53. The first-order valence-electron chi connectivity index (χ1n) is 7.98. The highest BCUT2D eigenvalue weighted by Gasteiger charge is 2.51. The largest absolute Gasteiger partial charge is 0.417 e. The van der Waals surface area contributed by atoms with E-state index in [4.69, 9.17) is 0 Å².